The summed E-state index contributed by atoms with van der Waals surface area (Å²) in [5.41, 5.74) is 1.79. The van der Waals surface area contributed by atoms with Gasteiger partial charge in [-0.2, -0.15) is 13.2 Å². The molecule has 0 saturated carbocycles. The van der Waals surface area contributed by atoms with Crippen molar-refractivity contribution < 1.29 is 22.6 Å². The zero-order chi connectivity index (χ0) is 26.0. The third-order valence-corrected chi connectivity index (χ3v) is 6.60. The first-order chi connectivity index (χ1) is 17.8. The predicted octanol–water partition coefficient (Wildman–Crippen LogP) is 8.19. The van der Waals surface area contributed by atoms with E-state index < -0.39 is 11.7 Å². The third-order valence-electron chi connectivity index (χ3n) is 6.35. The summed E-state index contributed by atoms with van der Waals surface area (Å²) in [5.74, 6) is 2.05. The average Bonchev–Trinajstić information content (AvgIpc) is 3.36. The zero-order valence-corrected chi connectivity index (χ0v) is 20.7. The van der Waals surface area contributed by atoms with Gasteiger partial charge in [-0.1, -0.05) is 23.7 Å². The van der Waals surface area contributed by atoms with Gasteiger partial charge in [0.25, 0.3) is 0 Å². The zero-order valence-electron chi connectivity index (χ0n) is 20.0. The van der Waals surface area contributed by atoms with E-state index in [0.717, 1.165) is 23.2 Å². The molecule has 1 unspecified atom stereocenters. The maximum absolute atomic E-state index is 13.5. The lowest BCUT2D eigenvalue weighted by Gasteiger charge is -2.26. The van der Waals surface area contributed by atoms with Crippen LogP contribution in [0.3, 0.4) is 0 Å². The second-order valence-electron chi connectivity index (χ2n) is 8.72. The van der Waals surface area contributed by atoms with Gasteiger partial charge in [0.05, 0.1) is 25.4 Å². The van der Waals surface area contributed by atoms with Crippen molar-refractivity contribution >= 4 is 23.0 Å². The largest absolute Gasteiger partial charge is 0.497 e. The van der Waals surface area contributed by atoms with E-state index in [9.17, 15) is 13.2 Å². The molecule has 5 rings (SSSR count). The van der Waals surface area contributed by atoms with Gasteiger partial charge in [-0.15, -0.1) is 0 Å². The van der Waals surface area contributed by atoms with Gasteiger partial charge in [-0.25, -0.2) is 0 Å². The molecule has 1 aliphatic rings. The van der Waals surface area contributed by atoms with Gasteiger partial charge >= 0.3 is 6.18 Å². The molecule has 0 radical (unpaired) electrons. The maximum atomic E-state index is 13.5. The minimum atomic E-state index is -4.41. The lowest BCUT2D eigenvalue weighted by atomic mass is 10.0. The Morgan fingerprint density at radius 2 is 1.38 bits per heavy atom. The molecule has 0 amide bonds. The first-order valence-electron chi connectivity index (χ1n) is 11.7. The Balaban J connectivity index is 1.44. The van der Waals surface area contributed by atoms with Crippen molar-refractivity contribution in [2.24, 2.45) is 0 Å². The Bertz CT molecular complexity index is 1340. The fraction of sp³-hybridized carbons (Fsp3) is 0.172. The maximum Gasteiger partial charge on any atom is 0.416 e. The first-order valence-corrected chi connectivity index (χ1v) is 12.0. The van der Waals surface area contributed by atoms with Crippen LogP contribution in [0.15, 0.2) is 97.1 Å². The molecule has 1 aliphatic heterocycles. The van der Waals surface area contributed by atoms with E-state index >= 15 is 0 Å². The second-order valence-corrected chi connectivity index (χ2v) is 9.16. The van der Waals surface area contributed by atoms with Gasteiger partial charge in [0.1, 0.15) is 17.2 Å². The lowest BCUT2D eigenvalue weighted by Crippen LogP contribution is -2.26. The molecule has 1 fully saturated rings. The summed E-state index contributed by atoms with van der Waals surface area (Å²) in [6.45, 7) is 1.03. The van der Waals surface area contributed by atoms with Crippen molar-refractivity contribution in [2.75, 3.05) is 30.1 Å². The van der Waals surface area contributed by atoms with E-state index in [0.29, 0.717) is 35.3 Å². The molecule has 190 valence electrons. The van der Waals surface area contributed by atoms with Crippen LogP contribution in [0.5, 0.6) is 17.2 Å². The molecular weight excluding hydrogens is 501 g/mol. The molecule has 1 heterocycles. The van der Waals surface area contributed by atoms with Gasteiger partial charge in [0, 0.05) is 22.9 Å². The summed E-state index contributed by atoms with van der Waals surface area (Å²) in [6.07, 6.45) is -4.41. The summed E-state index contributed by atoms with van der Waals surface area (Å²) in [5, 5.41) is 0.624. The molecule has 4 aromatic rings. The Morgan fingerprint density at radius 1 is 0.784 bits per heavy atom. The Morgan fingerprint density at radius 3 is 2.00 bits per heavy atom. The topological polar surface area (TPSA) is 24.9 Å². The molecule has 1 atom stereocenters. The van der Waals surface area contributed by atoms with Crippen molar-refractivity contribution in [3.63, 3.8) is 0 Å². The molecule has 0 aliphatic carbocycles. The molecule has 1 saturated heterocycles. The molecule has 0 N–H and O–H groups in total. The van der Waals surface area contributed by atoms with Crippen LogP contribution in [-0.2, 0) is 6.18 Å². The van der Waals surface area contributed by atoms with Crippen LogP contribution in [0.25, 0.3) is 0 Å². The lowest BCUT2D eigenvalue weighted by molar-refractivity contribution is -0.137. The summed E-state index contributed by atoms with van der Waals surface area (Å²) in [7, 11) is 1.61. The minimum Gasteiger partial charge on any atom is -0.497 e. The predicted molar refractivity (Wildman–Crippen MR) is 140 cm³/mol. The van der Waals surface area contributed by atoms with E-state index in [2.05, 4.69) is 9.80 Å². The fourth-order valence-corrected chi connectivity index (χ4v) is 4.57. The van der Waals surface area contributed by atoms with Crippen molar-refractivity contribution in [1.82, 2.24) is 0 Å². The third kappa shape index (κ3) is 5.62. The second kappa shape index (κ2) is 10.3. The number of hydrogen-bond acceptors (Lipinski definition) is 4. The van der Waals surface area contributed by atoms with Crippen molar-refractivity contribution in [2.45, 2.75) is 12.2 Å². The van der Waals surface area contributed by atoms with Gasteiger partial charge in [0.2, 0.25) is 0 Å². The Hall–Kier alpha value is -3.84. The van der Waals surface area contributed by atoms with Crippen LogP contribution < -0.4 is 19.3 Å². The highest BCUT2D eigenvalue weighted by Crippen LogP contribution is 2.39. The number of alkyl halides is 3. The SMILES string of the molecule is COc1ccc(N2CC(c3cccc(C(F)(F)F)c3)N(c3ccc(Oc4ccc(Cl)cc4)cc3)C2)cc1. The van der Waals surface area contributed by atoms with Crippen LogP contribution in [0, 0.1) is 0 Å². The van der Waals surface area contributed by atoms with Gasteiger partial charge in [0.15, 0.2) is 0 Å². The van der Waals surface area contributed by atoms with Crippen molar-refractivity contribution in [1.29, 1.82) is 0 Å². The van der Waals surface area contributed by atoms with Gasteiger partial charge in [-0.3, -0.25) is 0 Å². The highest BCUT2D eigenvalue weighted by Gasteiger charge is 2.35. The molecule has 4 aromatic carbocycles. The minimum absolute atomic E-state index is 0.285. The molecule has 37 heavy (non-hydrogen) atoms. The summed E-state index contributed by atoms with van der Waals surface area (Å²) >= 11 is 5.94. The van der Waals surface area contributed by atoms with E-state index in [1.165, 1.54) is 12.1 Å². The number of anilines is 2. The molecule has 0 aromatic heterocycles. The highest BCUT2D eigenvalue weighted by molar-refractivity contribution is 6.30. The van der Waals surface area contributed by atoms with Crippen LogP contribution in [0.2, 0.25) is 5.02 Å². The Kier molecular flexibility index (Phi) is 6.89. The normalized spacial score (nSPS) is 15.6. The first kappa shape index (κ1) is 24.8. The van der Waals surface area contributed by atoms with Crippen LogP contribution in [0.1, 0.15) is 17.2 Å². The van der Waals surface area contributed by atoms with Gasteiger partial charge < -0.3 is 19.3 Å². The molecular formula is C29H24ClF3N2O2. The molecule has 0 bridgehead atoms. The van der Waals surface area contributed by atoms with Crippen LogP contribution >= 0.6 is 11.6 Å². The molecule has 0 spiro atoms. The fourth-order valence-electron chi connectivity index (χ4n) is 4.44. The Labute approximate surface area is 218 Å². The average molecular weight is 525 g/mol. The van der Waals surface area contributed by atoms with E-state index in [1.54, 1.807) is 37.4 Å². The number of methoxy groups -OCH3 is 1. The molecule has 4 nitrogen and oxygen atoms in total. The van der Waals surface area contributed by atoms with Crippen molar-refractivity contribution in [3.8, 4) is 17.2 Å². The van der Waals surface area contributed by atoms with E-state index in [1.807, 2.05) is 48.5 Å². The standard InChI is InChI=1S/C29H24ClF3N2O2/c1-36-25-13-7-23(8-14-25)34-18-28(20-3-2-4-21(17-20)29(31,32)33)35(19-34)24-9-15-27(16-10-24)37-26-11-5-22(30)6-12-26/h2-17,28H,18-19H2,1H3. The molecule has 8 heteroatoms. The number of hydrogen-bond donors (Lipinski definition) is 0. The number of ether oxygens (including phenoxy) is 2. The summed E-state index contributed by atoms with van der Waals surface area (Å²) < 4.78 is 51.6. The number of halogens is 4. The highest BCUT2D eigenvalue weighted by atomic mass is 35.5. The van der Waals surface area contributed by atoms with E-state index in [4.69, 9.17) is 21.1 Å². The quantitative estimate of drug-likeness (QED) is 0.254. The summed E-state index contributed by atoms with van der Waals surface area (Å²) in [6, 6.07) is 27.6. The number of rotatable bonds is 6. The van der Waals surface area contributed by atoms with Crippen LogP contribution in [0.4, 0.5) is 24.5 Å². The monoisotopic (exact) mass is 524 g/mol. The van der Waals surface area contributed by atoms with E-state index in [-0.39, 0.29) is 6.04 Å². The van der Waals surface area contributed by atoms with Gasteiger partial charge in [-0.05, 0) is 90.5 Å². The smallest absolute Gasteiger partial charge is 0.416 e. The van der Waals surface area contributed by atoms with Crippen molar-refractivity contribution in [3.05, 3.63) is 113 Å². The number of benzene rings is 4. The van der Waals surface area contributed by atoms with Crippen LogP contribution in [-0.4, -0.2) is 20.3 Å². The summed E-state index contributed by atoms with van der Waals surface area (Å²) in [4.78, 5) is 4.24. The number of nitrogens with zero attached hydrogens (tertiary/aromatic N) is 2.